The number of aliphatic hydroxyl groups excluding tert-OH is 1. The predicted molar refractivity (Wildman–Crippen MR) is 96.2 cm³/mol. The number of amides is 1. The van der Waals surface area contributed by atoms with Crippen molar-refractivity contribution in [3.05, 3.63) is 57.3 Å². The third kappa shape index (κ3) is 3.24. The minimum atomic E-state index is -0.409. The molecule has 1 amide bonds. The number of hydrogen-bond acceptors (Lipinski definition) is 4. The molecule has 2 heterocycles. The molecule has 0 aliphatic carbocycles. The Kier molecular flexibility index (Phi) is 4.76. The van der Waals surface area contributed by atoms with Crippen LogP contribution in [0.25, 0.3) is 10.9 Å². The van der Waals surface area contributed by atoms with Gasteiger partial charge in [0, 0.05) is 24.7 Å². The quantitative estimate of drug-likeness (QED) is 0.605. The third-order valence-electron chi connectivity index (χ3n) is 3.64. The van der Waals surface area contributed by atoms with Crippen molar-refractivity contribution in [2.24, 2.45) is 0 Å². The van der Waals surface area contributed by atoms with Crippen LogP contribution >= 0.6 is 23.2 Å². The number of carbonyl (C=O) groups is 2. The molecule has 0 atom stereocenters. The van der Waals surface area contributed by atoms with Crippen LogP contribution < -0.4 is 5.32 Å². The molecule has 3 aromatic rings. The molecule has 0 saturated carbocycles. The van der Waals surface area contributed by atoms with Crippen molar-refractivity contribution in [1.82, 2.24) is 9.97 Å². The number of H-pyrrole nitrogens is 1. The number of aromatic nitrogens is 2. The highest BCUT2D eigenvalue weighted by Crippen LogP contribution is 2.32. The van der Waals surface area contributed by atoms with Gasteiger partial charge in [0.1, 0.15) is 5.82 Å². The average Bonchev–Trinajstić information content (AvgIpc) is 3.03. The minimum absolute atomic E-state index is 0.130. The Balaban J connectivity index is 2.13. The van der Waals surface area contributed by atoms with E-state index in [1.807, 2.05) is 0 Å². The van der Waals surface area contributed by atoms with Gasteiger partial charge in [0.25, 0.3) is 0 Å². The van der Waals surface area contributed by atoms with Crippen LogP contribution in [0.15, 0.2) is 30.6 Å². The van der Waals surface area contributed by atoms with Crippen molar-refractivity contribution in [3.63, 3.8) is 0 Å². The molecule has 8 heteroatoms. The highest BCUT2D eigenvalue weighted by molar-refractivity contribution is 6.41. The third-order valence-corrected chi connectivity index (χ3v) is 4.24. The fourth-order valence-corrected chi connectivity index (χ4v) is 3.26. The zero-order valence-electron chi connectivity index (χ0n) is 13.1. The Morgan fingerprint density at radius 2 is 1.96 bits per heavy atom. The number of anilines is 1. The molecule has 0 aliphatic heterocycles. The molecule has 3 N–H and O–H groups in total. The van der Waals surface area contributed by atoms with E-state index in [0.29, 0.717) is 22.3 Å². The van der Waals surface area contributed by atoms with Crippen molar-refractivity contribution in [2.45, 2.75) is 13.5 Å². The Labute approximate surface area is 152 Å². The second kappa shape index (κ2) is 6.84. The Morgan fingerprint density at radius 3 is 2.56 bits per heavy atom. The van der Waals surface area contributed by atoms with E-state index in [9.17, 15) is 14.7 Å². The monoisotopic (exact) mass is 377 g/mol. The molecule has 0 spiro atoms. The van der Waals surface area contributed by atoms with Crippen molar-refractivity contribution in [1.29, 1.82) is 0 Å². The summed E-state index contributed by atoms with van der Waals surface area (Å²) in [5.41, 5.74) is 1.43. The fraction of sp³-hybridized carbons (Fsp3) is 0.118. The van der Waals surface area contributed by atoms with Crippen LogP contribution in [0.4, 0.5) is 5.82 Å². The second-order valence-corrected chi connectivity index (χ2v) is 6.20. The Morgan fingerprint density at radius 1 is 1.28 bits per heavy atom. The molecule has 128 valence electrons. The highest BCUT2D eigenvalue weighted by atomic mass is 35.5. The Hall–Kier alpha value is -2.41. The van der Waals surface area contributed by atoms with Gasteiger partial charge in [-0.1, -0.05) is 23.2 Å². The first kappa shape index (κ1) is 17.4. The summed E-state index contributed by atoms with van der Waals surface area (Å²) in [4.78, 5) is 31.4. The van der Waals surface area contributed by atoms with Gasteiger partial charge in [-0.15, -0.1) is 0 Å². The summed E-state index contributed by atoms with van der Waals surface area (Å²) in [7, 11) is 0. The molecule has 2 aromatic heterocycles. The average molecular weight is 378 g/mol. The number of pyridine rings is 1. The van der Waals surface area contributed by atoms with Gasteiger partial charge < -0.3 is 15.4 Å². The summed E-state index contributed by atoms with van der Waals surface area (Å²) >= 11 is 12.4. The molecule has 6 nitrogen and oxygen atoms in total. The van der Waals surface area contributed by atoms with Crippen LogP contribution in [0.5, 0.6) is 0 Å². The summed E-state index contributed by atoms with van der Waals surface area (Å²) in [5, 5.41) is 12.7. The van der Waals surface area contributed by atoms with Gasteiger partial charge in [0.15, 0.2) is 5.78 Å². The number of fused-ring (bicyclic) bond motifs is 1. The summed E-state index contributed by atoms with van der Waals surface area (Å²) in [6.45, 7) is 1.14. The van der Waals surface area contributed by atoms with Crippen LogP contribution in [0.2, 0.25) is 10.0 Å². The maximum Gasteiger partial charge on any atom is 0.222 e. The zero-order chi connectivity index (χ0) is 18.1. The largest absolute Gasteiger partial charge is 0.392 e. The van der Waals surface area contributed by atoms with Crippen LogP contribution in [-0.4, -0.2) is 26.8 Å². The van der Waals surface area contributed by atoms with Crippen LogP contribution in [-0.2, 0) is 11.4 Å². The lowest BCUT2D eigenvalue weighted by Crippen LogP contribution is -2.10. The van der Waals surface area contributed by atoms with E-state index in [2.05, 4.69) is 15.3 Å². The number of nitrogens with zero attached hydrogens (tertiary/aromatic N) is 1. The molecule has 25 heavy (non-hydrogen) atoms. The number of rotatable bonds is 4. The molecule has 0 aliphatic rings. The number of aromatic amines is 1. The summed E-state index contributed by atoms with van der Waals surface area (Å²) in [6, 6.07) is 4.69. The molecule has 3 rings (SSSR count). The lowest BCUT2D eigenvalue weighted by atomic mass is 10.0. The number of ketones is 1. The van der Waals surface area contributed by atoms with Crippen LogP contribution in [0.1, 0.15) is 28.4 Å². The molecule has 0 bridgehead atoms. The van der Waals surface area contributed by atoms with Gasteiger partial charge in [-0.2, -0.15) is 0 Å². The minimum Gasteiger partial charge on any atom is -0.392 e. The molecular formula is C17H13Cl2N3O3. The van der Waals surface area contributed by atoms with E-state index in [1.54, 1.807) is 12.3 Å². The SMILES string of the molecule is CC(=O)Nc1ncc(C(=O)c2c(Cl)cc(CO)cc2Cl)c2[nH]ccc12. The van der Waals surface area contributed by atoms with Gasteiger partial charge in [0.05, 0.1) is 33.3 Å². The highest BCUT2D eigenvalue weighted by Gasteiger charge is 2.22. The first-order valence-electron chi connectivity index (χ1n) is 7.29. The first-order chi connectivity index (χ1) is 11.9. The molecule has 0 saturated heterocycles. The van der Waals surface area contributed by atoms with Crippen molar-refractivity contribution < 1.29 is 14.7 Å². The van der Waals surface area contributed by atoms with E-state index in [1.165, 1.54) is 25.3 Å². The molecule has 1 aromatic carbocycles. The molecule has 0 unspecified atom stereocenters. The molecule has 0 radical (unpaired) electrons. The van der Waals surface area contributed by atoms with Crippen molar-refractivity contribution in [2.75, 3.05) is 5.32 Å². The van der Waals surface area contributed by atoms with Gasteiger partial charge in [0.2, 0.25) is 5.91 Å². The van der Waals surface area contributed by atoms with E-state index in [4.69, 9.17) is 23.2 Å². The number of nitrogens with one attached hydrogen (secondary N) is 2. The number of halogens is 2. The predicted octanol–water partition coefficient (Wildman–Crippen LogP) is 3.55. The normalized spacial score (nSPS) is 10.9. The second-order valence-electron chi connectivity index (χ2n) is 5.39. The van der Waals surface area contributed by atoms with Crippen LogP contribution in [0, 0.1) is 0 Å². The van der Waals surface area contributed by atoms with Gasteiger partial charge in [-0.25, -0.2) is 4.98 Å². The summed E-state index contributed by atoms with van der Waals surface area (Å²) < 4.78 is 0. The van der Waals surface area contributed by atoms with Crippen molar-refractivity contribution >= 4 is 51.6 Å². The summed E-state index contributed by atoms with van der Waals surface area (Å²) in [5.74, 6) is -0.318. The number of hydrogen-bond donors (Lipinski definition) is 3. The number of aliphatic hydroxyl groups is 1. The fourth-order valence-electron chi connectivity index (χ4n) is 2.56. The van der Waals surface area contributed by atoms with Gasteiger partial charge in [-0.05, 0) is 23.8 Å². The van der Waals surface area contributed by atoms with E-state index >= 15 is 0 Å². The maximum absolute atomic E-state index is 13.0. The standard InChI is InChI=1S/C17H13Cl2N3O3/c1-8(24)22-17-10-2-3-20-15(10)11(6-21-17)16(25)14-12(18)4-9(7-23)5-13(14)19/h2-6,20,23H,7H2,1H3,(H,21,22,24). The van der Waals surface area contributed by atoms with Crippen LogP contribution in [0.3, 0.4) is 0 Å². The smallest absolute Gasteiger partial charge is 0.222 e. The van der Waals surface area contributed by atoms with Gasteiger partial charge in [-0.3, -0.25) is 9.59 Å². The maximum atomic E-state index is 13.0. The Bertz CT molecular complexity index is 975. The topological polar surface area (TPSA) is 95.1 Å². The number of carbonyl (C=O) groups excluding carboxylic acids is 2. The van der Waals surface area contributed by atoms with E-state index in [0.717, 1.165) is 0 Å². The number of benzene rings is 1. The summed E-state index contributed by atoms with van der Waals surface area (Å²) in [6.07, 6.45) is 3.01. The molecular weight excluding hydrogens is 365 g/mol. The van der Waals surface area contributed by atoms with Gasteiger partial charge >= 0.3 is 0 Å². The lowest BCUT2D eigenvalue weighted by molar-refractivity contribution is -0.114. The van der Waals surface area contributed by atoms with E-state index < -0.39 is 5.78 Å². The van der Waals surface area contributed by atoms with E-state index in [-0.39, 0.29) is 33.7 Å². The molecule has 0 fully saturated rings. The lowest BCUT2D eigenvalue weighted by Gasteiger charge is -2.10. The first-order valence-corrected chi connectivity index (χ1v) is 8.05. The van der Waals surface area contributed by atoms with Crippen molar-refractivity contribution in [3.8, 4) is 0 Å². The zero-order valence-corrected chi connectivity index (χ0v) is 14.6.